The molecule has 0 saturated heterocycles. The van der Waals surface area contributed by atoms with Crippen molar-refractivity contribution in [2.24, 2.45) is 5.41 Å². The molecule has 3 N–H and O–H groups in total. The summed E-state index contributed by atoms with van der Waals surface area (Å²) in [4.78, 5) is 34.0. The minimum absolute atomic E-state index is 0.0509. The fourth-order valence-corrected chi connectivity index (χ4v) is 5.07. The highest BCUT2D eigenvalue weighted by atomic mass is 32.2. The summed E-state index contributed by atoms with van der Waals surface area (Å²) in [6, 6.07) is 6.72. The Morgan fingerprint density at radius 1 is 1.23 bits per heavy atom. The van der Waals surface area contributed by atoms with Gasteiger partial charge in [0, 0.05) is 28.9 Å². The van der Waals surface area contributed by atoms with Gasteiger partial charge in [-0.25, -0.2) is 4.98 Å². The Bertz CT molecular complexity index is 1090. The Hall–Kier alpha value is -2.54. The zero-order valence-electron chi connectivity index (χ0n) is 17.7. The number of aromatic nitrogens is 2. The number of phenolic OH excluding ortho intramolecular Hbond substituents is 1. The zero-order valence-corrected chi connectivity index (χ0v) is 18.5. The summed E-state index contributed by atoms with van der Waals surface area (Å²) in [5.74, 6) is 0.215. The molecule has 2 aliphatic rings. The smallest absolute Gasteiger partial charge is 0.257 e. The van der Waals surface area contributed by atoms with Gasteiger partial charge in [-0.3, -0.25) is 9.59 Å². The summed E-state index contributed by atoms with van der Waals surface area (Å²) < 4.78 is 0. The topological polar surface area (TPSA) is 95.1 Å². The first-order valence-electron chi connectivity index (χ1n) is 10.3. The monoisotopic (exact) mass is 425 g/mol. The van der Waals surface area contributed by atoms with Crippen molar-refractivity contribution < 1.29 is 9.90 Å². The Morgan fingerprint density at radius 2 is 1.93 bits per heavy atom. The lowest BCUT2D eigenvalue weighted by Gasteiger charge is -2.38. The zero-order chi connectivity index (χ0) is 21.6. The second-order valence-corrected chi connectivity index (χ2v) is 10.4. The predicted octanol–water partition coefficient (Wildman–Crippen LogP) is 4.57. The van der Waals surface area contributed by atoms with E-state index in [1.54, 1.807) is 24.3 Å². The van der Waals surface area contributed by atoms with Gasteiger partial charge in [-0.05, 0) is 36.0 Å². The molecule has 0 fully saturated rings. The van der Waals surface area contributed by atoms with Crippen molar-refractivity contribution in [1.29, 1.82) is 0 Å². The highest BCUT2D eigenvalue weighted by Crippen LogP contribution is 2.47. The van der Waals surface area contributed by atoms with Gasteiger partial charge < -0.3 is 15.4 Å². The van der Waals surface area contributed by atoms with Crippen molar-refractivity contribution in [3.8, 4) is 5.75 Å². The number of nitrogens with one attached hydrogen (secondary N) is 2. The third kappa shape index (κ3) is 3.78. The van der Waals surface area contributed by atoms with Crippen LogP contribution >= 0.6 is 11.8 Å². The number of fused-ring (bicyclic) bond motifs is 1. The maximum atomic E-state index is 13.2. The summed E-state index contributed by atoms with van der Waals surface area (Å²) in [5, 5.41) is 14.0. The van der Waals surface area contributed by atoms with Crippen molar-refractivity contribution in [3.63, 3.8) is 0 Å². The largest absolute Gasteiger partial charge is 0.508 e. The molecule has 1 aliphatic heterocycles. The molecule has 0 saturated carbocycles. The van der Waals surface area contributed by atoms with Crippen LogP contribution < -0.4 is 10.9 Å². The number of anilines is 1. The van der Waals surface area contributed by atoms with E-state index >= 15 is 0 Å². The fourth-order valence-electron chi connectivity index (χ4n) is 4.22. The van der Waals surface area contributed by atoms with E-state index in [1.807, 2.05) is 0 Å². The van der Waals surface area contributed by atoms with E-state index in [0.29, 0.717) is 40.2 Å². The average Bonchev–Trinajstić information content (AvgIpc) is 2.66. The number of H-pyrrole nitrogens is 1. The van der Waals surface area contributed by atoms with E-state index in [0.717, 1.165) is 17.7 Å². The van der Waals surface area contributed by atoms with E-state index in [1.165, 1.54) is 11.8 Å². The average molecular weight is 426 g/mol. The summed E-state index contributed by atoms with van der Waals surface area (Å²) in [6.07, 6.45) is 2.11. The van der Waals surface area contributed by atoms with Gasteiger partial charge in [0.1, 0.15) is 11.6 Å². The molecule has 0 bridgehead atoms. The van der Waals surface area contributed by atoms with Crippen LogP contribution in [0.5, 0.6) is 5.75 Å². The van der Waals surface area contributed by atoms with Crippen LogP contribution in [-0.4, -0.2) is 26.1 Å². The van der Waals surface area contributed by atoms with Gasteiger partial charge in [0.25, 0.3) is 5.56 Å². The van der Waals surface area contributed by atoms with Gasteiger partial charge in [0.05, 0.1) is 5.56 Å². The van der Waals surface area contributed by atoms with Crippen molar-refractivity contribution in [1.82, 2.24) is 9.97 Å². The third-order valence-corrected chi connectivity index (χ3v) is 6.97. The highest BCUT2D eigenvalue weighted by Gasteiger charge is 2.42. The minimum Gasteiger partial charge on any atom is -0.508 e. The number of phenols is 1. The van der Waals surface area contributed by atoms with Crippen LogP contribution in [0.4, 0.5) is 5.82 Å². The normalized spacial score (nSPS) is 20.9. The number of hydrogen-bond acceptors (Lipinski definition) is 6. The standard InChI is InChI=1S/C23H27N3O3S/c1-5-12(2)30-22-25-20-19(21(29)26-22)17(13-6-8-14(27)9-7-13)18-15(24-20)10-23(3,4)11-16(18)28/h6-9,12,17,27H,5,10-11H2,1-4H3,(H2,24,25,26,29). The van der Waals surface area contributed by atoms with Crippen molar-refractivity contribution >= 4 is 23.4 Å². The molecule has 2 unspecified atom stereocenters. The molecule has 0 spiro atoms. The molecule has 2 aromatic rings. The van der Waals surface area contributed by atoms with E-state index in [2.05, 4.69) is 38.0 Å². The Labute approximate surface area is 180 Å². The Balaban J connectivity index is 1.90. The van der Waals surface area contributed by atoms with Gasteiger partial charge >= 0.3 is 0 Å². The van der Waals surface area contributed by atoms with Crippen LogP contribution in [0.2, 0.25) is 0 Å². The lowest BCUT2D eigenvalue weighted by molar-refractivity contribution is -0.118. The summed E-state index contributed by atoms with van der Waals surface area (Å²) in [6.45, 7) is 8.35. The van der Waals surface area contributed by atoms with Gasteiger partial charge in [-0.1, -0.05) is 51.6 Å². The number of benzene rings is 1. The van der Waals surface area contributed by atoms with E-state index in [9.17, 15) is 14.7 Å². The second kappa shape index (κ2) is 7.61. The molecule has 158 valence electrons. The second-order valence-electron chi connectivity index (χ2n) is 8.95. The quantitative estimate of drug-likeness (QED) is 0.491. The first-order chi connectivity index (χ1) is 14.2. The number of Topliss-reactive ketones (excluding diaryl/α,β-unsaturated/α-hetero) is 1. The van der Waals surface area contributed by atoms with Crippen molar-refractivity contribution in [3.05, 3.63) is 57.0 Å². The molecule has 1 aromatic heterocycles. The molecule has 4 rings (SSSR count). The van der Waals surface area contributed by atoms with Gasteiger partial charge in [0.2, 0.25) is 0 Å². The molecular formula is C23H27N3O3S. The summed E-state index contributed by atoms with van der Waals surface area (Å²) in [5.41, 5.74) is 2.35. The van der Waals surface area contributed by atoms with Crippen LogP contribution in [0.1, 0.15) is 64.0 Å². The minimum atomic E-state index is -0.501. The van der Waals surface area contributed by atoms with Gasteiger partial charge in [-0.15, -0.1) is 0 Å². The number of aromatic amines is 1. The first kappa shape index (κ1) is 20.7. The lowest BCUT2D eigenvalue weighted by atomic mass is 9.69. The van der Waals surface area contributed by atoms with Crippen LogP contribution in [0, 0.1) is 5.41 Å². The number of ketones is 1. The SMILES string of the molecule is CCC(C)Sc1nc2c(c(=O)[nH]1)C(c1ccc(O)cc1)C1=C(CC(C)(C)CC1=O)N2. The molecular weight excluding hydrogens is 398 g/mol. The van der Waals surface area contributed by atoms with Crippen molar-refractivity contribution in [2.45, 2.75) is 63.3 Å². The van der Waals surface area contributed by atoms with Gasteiger partial charge in [0.15, 0.2) is 10.9 Å². The lowest BCUT2D eigenvalue weighted by Crippen LogP contribution is -2.37. The van der Waals surface area contributed by atoms with E-state index in [-0.39, 0.29) is 22.5 Å². The number of nitrogens with zero attached hydrogens (tertiary/aromatic N) is 1. The molecule has 7 heteroatoms. The number of aromatic hydroxyl groups is 1. The number of allylic oxidation sites excluding steroid dienone is 2. The Morgan fingerprint density at radius 3 is 2.60 bits per heavy atom. The molecule has 2 atom stereocenters. The number of carbonyl (C=O) groups is 1. The summed E-state index contributed by atoms with van der Waals surface area (Å²) in [7, 11) is 0. The number of carbonyl (C=O) groups excluding carboxylic acids is 1. The predicted molar refractivity (Wildman–Crippen MR) is 119 cm³/mol. The molecule has 30 heavy (non-hydrogen) atoms. The van der Waals surface area contributed by atoms with Crippen molar-refractivity contribution in [2.75, 3.05) is 5.32 Å². The number of hydrogen-bond donors (Lipinski definition) is 3. The van der Waals surface area contributed by atoms with Crippen LogP contribution in [0.25, 0.3) is 0 Å². The third-order valence-electron chi connectivity index (χ3n) is 5.81. The maximum Gasteiger partial charge on any atom is 0.257 e. The number of rotatable bonds is 4. The van der Waals surface area contributed by atoms with Gasteiger partial charge in [-0.2, -0.15) is 0 Å². The van der Waals surface area contributed by atoms with Crippen LogP contribution in [0.15, 0.2) is 45.5 Å². The highest BCUT2D eigenvalue weighted by molar-refractivity contribution is 7.99. The van der Waals surface area contributed by atoms with E-state index in [4.69, 9.17) is 4.98 Å². The first-order valence-corrected chi connectivity index (χ1v) is 11.2. The van der Waals surface area contributed by atoms with E-state index < -0.39 is 5.92 Å². The fraction of sp³-hybridized carbons (Fsp3) is 0.435. The Kier molecular flexibility index (Phi) is 5.26. The molecule has 1 aliphatic carbocycles. The number of thioether (sulfide) groups is 1. The van der Waals surface area contributed by atoms with Crippen LogP contribution in [-0.2, 0) is 4.79 Å². The molecule has 6 nitrogen and oxygen atoms in total. The molecule has 1 aromatic carbocycles. The molecule has 2 heterocycles. The molecule has 0 amide bonds. The molecule has 0 radical (unpaired) electrons. The maximum absolute atomic E-state index is 13.2. The summed E-state index contributed by atoms with van der Waals surface area (Å²) >= 11 is 1.54. The van der Waals surface area contributed by atoms with Crippen LogP contribution in [0.3, 0.4) is 0 Å².